The number of nitrogens with zero attached hydrogens (tertiary/aromatic N) is 2. The third kappa shape index (κ3) is 2.33. The Bertz CT molecular complexity index is 829. The summed E-state index contributed by atoms with van der Waals surface area (Å²) in [5.74, 6) is 0.912. The van der Waals surface area contributed by atoms with E-state index in [1.807, 2.05) is 11.3 Å². The first-order chi connectivity index (χ1) is 10.9. The molecule has 5 heteroatoms. The van der Waals surface area contributed by atoms with Gasteiger partial charge >= 0.3 is 0 Å². The van der Waals surface area contributed by atoms with Crippen molar-refractivity contribution in [1.29, 1.82) is 0 Å². The van der Waals surface area contributed by atoms with Crippen molar-refractivity contribution < 1.29 is 4.74 Å². The van der Waals surface area contributed by atoms with Gasteiger partial charge in [-0.2, -0.15) is 0 Å². The van der Waals surface area contributed by atoms with Gasteiger partial charge in [-0.3, -0.25) is 0 Å². The first kappa shape index (κ1) is 14.2. The molecule has 2 heterocycles. The lowest BCUT2D eigenvalue weighted by Gasteiger charge is -2.16. The minimum atomic E-state index is 0.735. The van der Waals surface area contributed by atoms with Gasteiger partial charge in [0, 0.05) is 23.3 Å². The molecular formula is C17H16N2OS2. The number of fused-ring (bicyclic) bond motifs is 5. The maximum absolute atomic E-state index is 5.16. The molecule has 22 heavy (non-hydrogen) atoms. The molecule has 1 aliphatic rings. The Morgan fingerprint density at radius 2 is 2.14 bits per heavy atom. The van der Waals surface area contributed by atoms with Crippen molar-refractivity contribution in [3.05, 3.63) is 41.0 Å². The molecule has 112 valence electrons. The standard InChI is InChI=1S/C17H16N2OS2/c1-20-8-9-21-16-15-14-12-5-3-2-4-11(12)6-7-13(14)22-17(15)19-10-18-16/h2-5,10H,6-9H2,1H3. The minimum absolute atomic E-state index is 0.735. The summed E-state index contributed by atoms with van der Waals surface area (Å²) in [7, 11) is 1.73. The molecule has 0 aliphatic heterocycles. The van der Waals surface area contributed by atoms with Crippen molar-refractivity contribution >= 4 is 33.3 Å². The summed E-state index contributed by atoms with van der Waals surface area (Å²) >= 11 is 3.58. The third-order valence-corrected chi connectivity index (χ3v) is 6.07. The average molecular weight is 328 g/mol. The highest BCUT2D eigenvalue weighted by Gasteiger charge is 2.23. The Kier molecular flexibility index (Phi) is 3.86. The number of thioether (sulfide) groups is 1. The highest BCUT2D eigenvalue weighted by Crippen LogP contribution is 2.45. The Balaban J connectivity index is 1.89. The molecule has 1 aromatic carbocycles. The number of aromatic nitrogens is 2. The summed E-state index contributed by atoms with van der Waals surface area (Å²) in [6.07, 6.45) is 3.91. The Morgan fingerprint density at radius 3 is 3.05 bits per heavy atom. The molecule has 1 aliphatic carbocycles. The normalized spacial score (nSPS) is 13.1. The molecule has 0 spiro atoms. The number of rotatable bonds is 4. The molecule has 3 aromatic rings. The number of hydrogen-bond acceptors (Lipinski definition) is 5. The first-order valence-corrected chi connectivity index (χ1v) is 9.15. The molecule has 0 saturated heterocycles. The second-order valence-corrected chi connectivity index (χ2v) is 7.42. The van der Waals surface area contributed by atoms with Gasteiger partial charge in [-0.1, -0.05) is 24.3 Å². The first-order valence-electron chi connectivity index (χ1n) is 7.35. The Morgan fingerprint density at radius 1 is 1.23 bits per heavy atom. The summed E-state index contributed by atoms with van der Waals surface area (Å²) in [6, 6.07) is 8.72. The van der Waals surface area contributed by atoms with Crippen LogP contribution < -0.4 is 0 Å². The van der Waals surface area contributed by atoms with E-state index in [1.54, 1.807) is 25.2 Å². The van der Waals surface area contributed by atoms with Gasteiger partial charge in [0.05, 0.1) is 12.0 Å². The van der Waals surface area contributed by atoms with Gasteiger partial charge in [0.15, 0.2) is 0 Å². The van der Waals surface area contributed by atoms with Crippen LogP contribution in [0, 0.1) is 0 Å². The molecule has 4 rings (SSSR count). The third-order valence-electron chi connectivity index (χ3n) is 3.96. The topological polar surface area (TPSA) is 35.0 Å². The number of benzene rings is 1. The molecule has 0 amide bonds. The van der Waals surface area contributed by atoms with Crippen LogP contribution in [0.5, 0.6) is 0 Å². The zero-order valence-corrected chi connectivity index (χ0v) is 14.0. The summed E-state index contributed by atoms with van der Waals surface area (Å²) in [4.78, 5) is 11.6. The van der Waals surface area contributed by atoms with Crippen molar-refractivity contribution in [3.8, 4) is 11.1 Å². The fraction of sp³-hybridized carbons (Fsp3) is 0.294. The molecule has 0 fully saturated rings. The zero-order valence-electron chi connectivity index (χ0n) is 12.3. The van der Waals surface area contributed by atoms with E-state index in [-0.39, 0.29) is 0 Å². The molecule has 0 bridgehead atoms. The van der Waals surface area contributed by atoms with Crippen LogP contribution >= 0.6 is 23.1 Å². The van der Waals surface area contributed by atoms with Crippen molar-refractivity contribution in [2.45, 2.75) is 17.9 Å². The van der Waals surface area contributed by atoms with Gasteiger partial charge in [-0.15, -0.1) is 23.1 Å². The number of thiophene rings is 1. The summed E-state index contributed by atoms with van der Waals surface area (Å²) < 4.78 is 5.16. The van der Waals surface area contributed by atoms with E-state index in [0.29, 0.717) is 0 Å². The van der Waals surface area contributed by atoms with Gasteiger partial charge in [-0.25, -0.2) is 9.97 Å². The van der Waals surface area contributed by atoms with E-state index in [4.69, 9.17) is 4.74 Å². The molecule has 2 aromatic heterocycles. The smallest absolute Gasteiger partial charge is 0.128 e. The number of methoxy groups -OCH3 is 1. The van der Waals surface area contributed by atoms with E-state index in [1.165, 1.54) is 27.0 Å². The predicted octanol–water partition coefficient (Wildman–Crippen LogP) is 4.20. The van der Waals surface area contributed by atoms with Crippen LogP contribution in [0.15, 0.2) is 35.6 Å². The van der Waals surface area contributed by atoms with Crippen molar-refractivity contribution in [1.82, 2.24) is 9.97 Å². The average Bonchev–Trinajstić information content (AvgIpc) is 2.95. The summed E-state index contributed by atoms with van der Waals surface area (Å²) in [5, 5.41) is 2.31. The lowest BCUT2D eigenvalue weighted by Crippen LogP contribution is -2.01. The van der Waals surface area contributed by atoms with E-state index >= 15 is 0 Å². The van der Waals surface area contributed by atoms with Gasteiger partial charge in [0.25, 0.3) is 0 Å². The van der Waals surface area contributed by atoms with Gasteiger partial charge in [-0.05, 0) is 24.0 Å². The largest absolute Gasteiger partial charge is 0.384 e. The predicted molar refractivity (Wildman–Crippen MR) is 92.9 cm³/mol. The quantitative estimate of drug-likeness (QED) is 0.408. The Hall–Kier alpha value is -1.43. The van der Waals surface area contributed by atoms with Crippen LogP contribution in [-0.2, 0) is 17.6 Å². The van der Waals surface area contributed by atoms with E-state index in [2.05, 4.69) is 34.2 Å². The van der Waals surface area contributed by atoms with Crippen LogP contribution in [0.1, 0.15) is 10.4 Å². The van der Waals surface area contributed by atoms with E-state index in [0.717, 1.165) is 35.1 Å². The molecule has 0 N–H and O–H groups in total. The highest BCUT2D eigenvalue weighted by atomic mass is 32.2. The van der Waals surface area contributed by atoms with Crippen molar-refractivity contribution in [2.24, 2.45) is 0 Å². The SMILES string of the molecule is COCCSc1ncnc2sc3c(c12)-c1ccccc1CC3. The molecule has 0 unspecified atom stereocenters. The lowest BCUT2D eigenvalue weighted by atomic mass is 9.89. The molecule has 0 radical (unpaired) electrons. The molecule has 3 nitrogen and oxygen atoms in total. The van der Waals surface area contributed by atoms with Crippen LogP contribution in [0.3, 0.4) is 0 Å². The number of aryl methyl sites for hydroxylation is 2. The van der Waals surface area contributed by atoms with Crippen molar-refractivity contribution in [2.75, 3.05) is 19.5 Å². The maximum Gasteiger partial charge on any atom is 0.128 e. The monoisotopic (exact) mass is 328 g/mol. The van der Waals surface area contributed by atoms with E-state index in [9.17, 15) is 0 Å². The second-order valence-electron chi connectivity index (χ2n) is 5.26. The molecular weight excluding hydrogens is 312 g/mol. The minimum Gasteiger partial charge on any atom is -0.384 e. The Labute approximate surface area is 137 Å². The second kappa shape index (κ2) is 5.99. The van der Waals surface area contributed by atoms with Gasteiger partial charge in [0.1, 0.15) is 16.2 Å². The molecule has 0 saturated carbocycles. The summed E-state index contributed by atoms with van der Waals surface area (Å²) in [6.45, 7) is 0.735. The lowest BCUT2D eigenvalue weighted by molar-refractivity contribution is 0.218. The van der Waals surface area contributed by atoms with E-state index < -0.39 is 0 Å². The fourth-order valence-corrected chi connectivity index (χ4v) is 5.10. The van der Waals surface area contributed by atoms with Gasteiger partial charge < -0.3 is 4.74 Å². The van der Waals surface area contributed by atoms with Crippen LogP contribution in [-0.4, -0.2) is 29.4 Å². The highest BCUT2D eigenvalue weighted by molar-refractivity contribution is 7.99. The fourth-order valence-electron chi connectivity index (χ4n) is 2.98. The van der Waals surface area contributed by atoms with Crippen LogP contribution in [0.2, 0.25) is 0 Å². The number of hydrogen-bond donors (Lipinski definition) is 0. The van der Waals surface area contributed by atoms with Crippen LogP contribution in [0.4, 0.5) is 0 Å². The summed E-state index contributed by atoms with van der Waals surface area (Å²) in [5.41, 5.74) is 4.16. The maximum atomic E-state index is 5.16. The molecule has 0 atom stereocenters. The zero-order chi connectivity index (χ0) is 14.9. The van der Waals surface area contributed by atoms with Gasteiger partial charge in [0.2, 0.25) is 0 Å². The van der Waals surface area contributed by atoms with Crippen LogP contribution in [0.25, 0.3) is 21.3 Å². The van der Waals surface area contributed by atoms with Crippen molar-refractivity contribution in [3.63, 3.8) is 0 Å². The number of ether oxygens (including phenoxy) is 1.